The number of nitrogens with zero attached hydrogens (tertiary/aromatic N) is 1. The van der Waals surface area contributed by atoms with E-state index in [-0.39, 0.29) is 11.8 Å². The van der Waals surface area contributed by atoms with Crippen LogP contribution >= 0.6 is 0 Å². The maximum atomic E-state index is 12.3. The molecule has 3 rings (SSSR count). The van der Waals surface area contributed by atoms with Crippen LogP contribution in [-0.4, -0.2) is 34.5 Å². The van der Waals surface area contributed by atoms with Crippen LogP contribution in [0.3, 0.4) is 0 Å². The number of hydrogen-bond acceptors (Lipinski definition) is 4. The van der Waals surface area contributed by atoms with Crippen molar-refractivity contribution in [2.24, 2.45) is 17.1 Å². The smallest absolute Gasteiger partial charge is 0.330 e. The molecule has 29 heavy (non-hydrogen) atoms. The van der Waals surface area contributed by atoms with E-state index in [0.29, 0.717) is 24.9 Å². The molecule has 1 heterocycles. The number of carbonyl (C=O) groups excluding carboxylic acids is 1. The number of aliphatic carboxylic acids is 1. The van der Waals surface area contributed by atoms with Crippen LogP contribution in [0.1, 0.15) is 57.6 Å². The van der Waals surface area contributed by atoms with Crippen LogP contribution < -0.4 is 10.5 Å². The van der Waals surface area contributed by atoms with E-state index in [2.05, 4.69) is 26.8 Å². The summed E-state index contributed by atoms with van der Waals surface area (Å²) in [6, 6.07) is 6.06. The number of fused-ring (bicyclic) bond motifs is 1. The normalized spacial score (nSPS) is 22.7. The number of amides is 1. The van der Waals surface area contributed by atoms with Gasteiger partial charge in [0.2, 0.25) is 0 Å². The minimum absolute atomic E-state index is 0.244. The molecule has 0 spiro atoms. The van der Waals surface area contributed by atoms with Crippen LogP contribution in [-0.2, 0) is 22.6 Å². The molecular formula is C23H32N2O4. The van der Waals surface area contributed by atoms with Gasteiger partial charge in [0, 0.05) is 13.1 Å². The molecule has 3 N–H and O–H groups in total. The predicted octanol–water partition coefficient (Wildman–Crippen LogP) is 3.48. The average molecular weight is 401 g/mol. The van der Waals surface area contributed by atoms with E-state index in [0.717, 1.165) is 36.1 Å². The second-order valence-corrected chi connectivity index (χ2v) is 9.30. The number of ether oxygens (including phenoxy) is 1. The molecule has 1 fully saturated rings. The van der Waals surface area contributed by atoms with E-state index in [9.17, 15) is 9.59 Å². The highest BCUT2D eigenvalue weighted by Gasteiger charge is 2.30. The van der Waals surface area contributed by atoms with Gasteiger partial charge in [-0.2, -0.15) is 0 Å². The van der Waals surface area contributed by atoms with Gasteiger partial charge >= 0.3 is 5.97 Å². The first kappa shape index (κ1) is 21.2. The maximum Gasteiger partial charge on any atom is 0.330 e. The van der Waals surface area contributed by atoms with Gasteiger partial charge in [-0.1, -0.05) is 26.8 Å². The first-order valence-electron chi connectivity index (χ1n) is 10.4. The summed E-state index contributed by atoms with van der Waals surface area (Å²) in [6.07, 6.45) is 6.34. The summed E-state index contributed by atoms with van der Waals surface area (Å²) in [5, 5.41) is 8.77. The number of carbonyl (C=O) groups is 2. The zero-order chi connectivity index (χ0) is 21.2. The van der Waals surface area contributed by atoms with E-state index < -0.39 is 11.9 Å². The van der Waals surface area contributed by atoms with Gasteiger partial charge < -0.3 is 20.5 Å². The van der Waals surface area contributed by atoms with Gasteiger partial charge in [-0.15, -0.1) is 0 Å². The Bertz CT molecular complexity index is 802. The highest BCUT2D eigenvalue weighted by Crippen LogP contribution is 2.39. The molecule has 6 heteroatoms. The zero-order valence-electron chi connectivity index (χ0n) is 17.6. The largest absolute Gasteiger partial charge is 0.490 e. The quantitative estimate of drug-likeness (QED) is 0.755. The van der Waals surface area contributed by atoms with Crippen molar-refractivity contribution in [3.63, 3.8) is 0 Å². The molecule has 0 radical (unpaired) electrons. The third-order valence-corrected chi connectivity index (χ3v) is 6.20. The fraction of sp³-hybridized carbons (Fsp3) is 0.565. The molecule has 1 aliphatic carbocycles. The Morgan fingerprint density at radius 1 is 1.17 bits per heavy atom. The summed E-state index contributed by atoms with van der Waals surface area (Å²) in [4.78, 5) is 24.6. The molecule has 2 aliphatic rings. The SMILES string of the molecule is CC(C)(C)C1CCC(Oc2ccc3c(c2)CCN(C(=O)/C(N)=C/C(=O)O)C3)CC1. The molecule has 0 unspecified atom stereocenters. The molecule has 1 amide bonds. The Morgan fingerprint density at radius 2 is 1.86 bits per heavy atom. The Kier molecular flexibility index (Phi) is 6.20. The van der Waals surface area contributed by atoms with Crippen molar-refractivity contribution in [3.05, 3.63) is 41.1 Å². The van der Waals surface area contributed by atoms with Gasteiger partial charge in [0.15, 0.2) is 0 Å². The van der Waals surface area contributed by atoms with E-state index >= 15 is 0 Å². The predicted molar refractivity (Wildman–Crippen MR) is 111 cm³/mol. The lowest BCUT2D eigenvalue weighted by Gasteiger charge is -2.37. The molecule has 6 nitrogen and oxygen atoms in total. The molecule has 0 aromatic heterocycles. The van der Waals surface area contributed by atoms with Crippen molar-refractivity contribution >= 4 is 11.9 Å². The minimum atomic E-state index is -1.22. The van der Waals surface area contributed by atoms with Crippen LogP contribution in [0.25, 0.3) is 0 Å². The van der Waals surface area contributed by atoms with Gasteiger partial charge in [-0.25, -0.2) is 4.79 Å². The Hall–Kier alpha value is -2.50. The fourth-order valence-electron chi connectivity index (χ4n) is 4.39. The van der Waals surface area contributed by atoms with E-state index in [1.165, 1.54) is 18.4 Å². The molecule has 0 saturated heterocycles. The van der Waals surface area contributed by atoms with Gasteiger partial charge in [-0.05, 0) is 66.7 Å². The first-order chi connectivity index (χ1) is 13.6. The number of carboxylic acid groups (broad SMARTS) is 1. The van der Waals surface area contributed by atoms with Crippen LogP contribution in [0.4, 0.5) is 0 Å². The summed E-state index contributed by atoms with van der Waals surface area (Å²) in [6.45, 7) is 7.91. The maximum absolute atomic E-state index is 12.3. The summed E-state index contributed by atoms with van der Waals surface area (Å²) >= 11 is 0. The molecule has 1 aliphatic heterocycles. The standard InChI is InChI=1S/C23H32N2O4/c1-23(2,3)17-5-8-18(9-6-17)29-19-7-4-16-14-25(11-10-15(16)12-19)22(28)20(24)13-21(26)27/h4,7,12-13,17-18H,5-6,8-11,14,24H2,1-3H3,(H,26,27)/b20-13-. The molecule has 1 saturated carbocycles. The zero-order valence-corrected chi connectivity index (χ0v) is 17.6. The van der Waals surface area contributed by atoms with Crippen LogP contribution in [0, 0.1) is 11.3 Å². The Morgan fingerprint density at radius 3 is 2.48 bits per heavy atom. The van der Waals surface area contributed by atoms with Crippen molar-refractivity contribution in [1.29, 1.82) is 0 Å². The number of hydrogen-bond donors (Lipinski definition) is 2. The van der Waals surface area contributed by atoms with E-state index in [1.807, 2.05) is 12.1 Å². The lowest BCUT2D eigenvalue weighted by Crippen LogP contribution is -2.38. The second kappa shape index (κ2) is 8.47. The van der Waals surface area contributed by atoms with Crippen molar-refractivity contribution in [3.8, 4) is 5.75 Å². The van der Waals surface area contributed by atoms with E-state index in [4.69, 9.17) is 15.6 Å². The van der Waals surface area contributed by atoms with Crippen LogP contribution in [0.2, 0.25) is 0 Å². The number of nitrogens with two attached hydrogens (primary N) is 1. The third-order valence-electron chi connectivity index (χ3n) is 6.20. The van der Waals surface area contributed by atoms with Crippen molar-refractivity contribution < 1.29 is 19.4 Å². The topological polar surface area (TPSA) is 92.9 Å². The second-order valence-electron chi connectivity index (χ2n) is 9.30. The molecule has 158 valence electrons. The van der Waals surface area contributed by atoms with E-state index in [1.54, 1.807) is 4.90 Å². The summed E-state index contributed by atoms with van der Waals surface area (Å²) < 4.78 is 6.26. The van der Waals surface area contributed by atoms with Crippen molar-refractivity contribution in [2.45, 2.75) is 65.5 Å². The average Bonchev–Trinajstić information content (AvgIpc) is 2.66. The lowest BCUT2D eigenvalue weighted by atomic mass is 9.72. The number of rotatable bonds is 4. The van der Waals surface area contributed by atoms with Gasteiger partial charge in [-0.3, -0.25) is 4.79 Å². The Balaban J connectivity index is 1.59. The van der Waals surface area contributed by atoms with Crippen molar-refractivity contribution in [2.75, 3.05) is 6.54 Å². The number of benzene rings is 1. The highest BCUT2D eigenvalue weighted by atomic mass is 16.5. The fourth-order valence-corrected chi connectivity index (χ4v) is 4.39. The van der Waals surface area contributed by atoms with Gasteiger partial charge in [0.05, 0.1) is 12.2 Å². The van der Waals surface area contributed by atoms with Gasteiger partial charge in [0.25, 0.3) is 5.91 Å². The number of carboxylic acids is 1. The third kappa shape index (κ3) is 5.31. The van der Waals surface area contributed by atoms with Crippen LogP contribution in [0.15, 0.2) is 30.0 Å². The summed E-state index contributed by atoms with van der Waals surface area (Å²) in [7, 11) is 0. The molecule has 0 bridgehead atoms. The molecule has 0 atom stereocenters. The van der Waals surface area contributed by atoms with Crippen LogP contribution in [0.5, 0.6) is 5.75 Å². The van der Waals surface area contributed by atoms with Crippen molar-refractivity contribution in [1.82, 2.24) is 4.90 Å². The Labute approximate surface area is 172 Å². The molecule has 1 aromatic rings. The monoisotopic (exact) mass is 400 g/mol. The molecular weight excluding hydrogens is 368 g/mol. The highest BCUT2D eigenvalue weighted by molar-refractivity contribution is 5.98. The van der Waals surface area contributed by atoms with Gasteiger partial charge in [0.1, 0.15) is 11.4 Å². The summed E-state index contributed by atoms with van der Waals surface area (Å²) in [5.74, 6) is 0.00519. The summed E-state index contributed by atoms with van der Waals surface area (Å²) in [5.41, 5.74) is 7.95. The first-order valence-corrected chi connectivity index (χ1v) is 10.4. The minimum Gasteiger partial charge on any atom is -0.490 e. The lowest BCUT2D eigenvalue weighted by molar-refractivity contribution is -0.133. The molecule has 1 aromatic carbocycles.